The Hall–Kier alpha value is 0.310. The van der Waals surface area contributed by atoms with Crippen LogP contribution in [0.4, 0.5) is 0 Å². The fourth-order valence-electron chi connectivity index (χ4n) is 0.570. The zero-order valence-corrected chi connectivity index (χ0v) is 7.05. The van der Waals surface area contributed by atoms with E-state index < -0.39 is 0 Å². The molecule has 0 amide bonds. The van der Waals surface area contributed by atoms with Gasteiger partial charge >= 0.3 is 0 Å². The van der Waals surface area contributed by atoms with E-state index in [0.29, 0.717) is 0 Å². The Morgan fingerprint density at radius 2 is 2.22 bits per heavy atom. The lowest BCUT2D eigenvalue weighted by atomic mass is 10.3. The summed E-state index contributed by atoms with van der Waals surface area (Å²) in [5.41, 5.74) is 0. The van der Waals surface area contributed by atoms with Crippen LogP contribution in [0.5, 0.6) is 0 Å². The van der Waals surface area contributed by atoms with Crippen LogP contribution in [0.25, 0.3) is 0 Å². The smallest absolute Gasteiger partial charge is 0.0618 e. The first-order valence-corrected chi connectivity index (χ1v) is 4.29. The molecule has 0 bridgehead atoms. The van der Waals surface area contributed by atoms with Gasteiger partial charge in [-0.05, 0) is 13.3 Å². The topological polar surface area (TPSA) is 12.0 Å². The maximum atomic E-state index is 3.18. The minimum absolute atomic E-state index is 1.11. The summed E-state index contributed by atoms with van der Waals surface area (Å²) in [5.74, 6) is 2.95. The van der Waals surface area contributed by atoms with Crippen molar-refractivity contribution in [2.75, 3.05) is 6.54 Å². The maximum absolute atomic E-state index is 3.18. The molecule has 0 aliphatic carbocycles. The highest BCUT2D eigenvalue weighted by Crippen LogP contribution is 1.98. The van der Waals surface area contributed by atoms with E-state index in [2.05, 4.69) is 17.4 Å². The molecule has 0 aromatic rings. The van der Waals surface area contributed by atoms with E-state index in [1.807, 2.05) is 6.92 Å². The van der Waals surface area contributed by atoms with Gasteiger partial charge in [-0.1, -0.05) is 31.7 Å². The minimum Gasteiger partial charge on any atom is -0.264 e. The SMILES string of the molecule is C[C]SNCCCCC. The number of nitrogens with one attached hydrogen (secondary N) is 1. The molecule has 0 saturated carbocycles. The van der Waals surface area contributed by atoms with Crippen LogP contribution < -0.4 is 4.72 Å². The second-order valence-corrected chi connectivity index (χ2v) is 2.81. The van der Waals surface area contributed by atoms with Crippen LogP contribution in [0.3, 0.4) is 0 Å². The van der Waals surface area contributed by atoms with Crippen molar-refractivity contribution in [1.82, 2.24) is 4.72 Å². The van der Waals surface area contributed by atoms with Gasteiger partial charge in [0.05, 0.1) is 5.75 Å². The highest BCUT2D eigenvalue weighted by atomic mass is 32.2. The van der Waals surface area contributed by atoms with Crippen molar-refractivity contribution in [3.63, 3.8) is 0 Å². The summed E-state index contributed by atoms with van der Waals surface area (Å²) in [6.45, 7) is 5.24. The average Bonchev–Trinajstić information content (AvgIpc) is 1.89. The molecule has 9 heavy (non-hydrogen) atoms. The molecule has 0 fully saturated rings. The zero-order valence-electron chi connectivity index (χ0n) is 6.24. The van der Waals surface area contributed by atoms with Crippen LogP contribution in [0, 0.1) is 5.75 Å². The number of hydrogen-bond acceptors (Lipinski definition) is 2. The minimum atomic E-state index is 1.11. The summed E-state index contributed by atoms with van der Waals surface area (Å²) >= 11 is 1.56. The lowest BCUT2D eigenvalue weighted by molar-refractivity contribution is 0.709. The Bertz CT molecular complexity index is 42.2. The first-order chi connectivity index (χ1) is 4.41. The standard InChI is InChI=1S/C7H15NS/c1-3-5-6-7-8-9-4-2/h8H,3,5-7H2,1-2H3. The van der Waals surface area contributed by atoms with Gasteiger partial charge in [0.1, 0.15) is 0 Å². The van der Waals surface area contributed by atoms with Crippen molar-refractivity contribution < 1.29 is 0 Å². The van der Waals surface area contributed by atoms with Crippen LogP contribution in [0.2, 0.25) is 0 Å². The zero-order chi connectivity index (χ0) is 6.95. The fourth-order valence-corrected chi connectivity index (χ4v) is 0.961. The van der Waals surface area contributed by atoms with E-state index in [0.717, 1.165) is 6.54 Å². The fraction of sp³-hybridized carbons (Fsp3) is 0.857. The molecule has 0 heterocycles. The molecule has 0 rings (SSSR count). The molecular formula is C7H15NS. The molecule has 0 aromatic carbocycles. The van der Waals surface area contributed by atoms with E-state index in [-0.39, 0.29) is 0 Å². The molecule has 0 atom stereocenters. The molecule has 2 heteroatoms. The monoisotopic (exact) mass is 145 g/mol. The molecule has 2 radical (unpaired) electrons. The Morgan fingerprint density at radius 3 is 2.78 bits per heavy atom. The molecule has 0 spiro atoms. The third-order valence-electron chi connectivity index (χ3n) is 1.06. The first kappa shape index (κ1) is 9.31. The lowest BCUT2D eigenvalue weighted by Crippen LogP contribution is -2.03. The van der Waals surface area contributed by atoms with Crippen LogP contribution >= 0.6 is 11.9 Å². The van der Waals surface area contributed by atoms with Gasteiger partial charge in [0.2, 0.25) is 0 Å². The van der Waals surface area contributed by atoms with E-state index in [4.69, 9.17) is 0 Å². The van der Waals surface area contributed by atoms with Crippen molar-refractivity contribution in [2.45, 2.75) is 33.1 Å². The van der Waals surface area contributed by atoms with Crippen LogP contribution in [0.15, 0.2) is 0 Å². The number of unbranched alkanes of at least 4 members (excludes halogenated alkanes) is 2. The van der Waals surface area contributed by atoms with Gasteiger partial charge in [-0.15, -0.1) is 0 Å². The van der Waals surface area contributed by atoms with E-state index in [1.165, 1.54) is 19.3 Å². The molecule has 1 N–H and O–H groups in total. The van der Waals surface area contributed by atoms with Gasteiger partial charge in [0, 0.05) is 6.54 Å². The first-order valence-electron chi connectivity index (χ1n) is 3.47. The summed E-state index contributed by atoms with van der Waals surface area (Å²) in [6, 6.07) is 0. The quantitative estimate of drug-likeness (QED) is 0.455. The number of hydrogen-bond donors (Lipinski definition) is 1. The predicted octanol–water partition coefficient (Wildman–Crippen LogP) is 2.47. The van der Waals surface area contributed by atoms with Gasteiger partial charge in [-0.25, -0.2) is 0 Å². The van der Waals surface area contributed by atoms with Gasteiger partial charge in [0.15, 0.2) is 0 Å². The Morgan fingerprint density at radius 1 is 1.44 bits per heavy atom. The van der Waals surface area contributed by atoms with E-state index in [1.54, 1.807) is 11.9 Å². The summed E-state index contributed by atoms with van der Waals surface area (Å²) in [4.78, 5) is 0. The van der Waals surface area contributed by atoms with Crippen LogP contribution in [-0.4, -0.2) is 6.54 Å². The maximum Gasteiger partial charge on any atom is 0.0618 e. The van der Waals surface area contributed by atoms with Gasteiger partial charge in [-0.2, -0.15) is 0 Å². The summed E-state index contributed by atoms with van der Waals surface area (Å²) in [5, 5.41) is 0. The van der Waals surface area contributed by atoms with Crippen LogP contribution in [0.1, 0.15) is 33.1 Å². The highest BCUT2D eigenvalue weighted by molar-refractivity contribution is 7.99. The van der Waals surface area contributed by atoms with Crippen molar-refractivity contribution in [2.24, 2.45) is 0 Å². The molecule has 0 aliphatic rings. The second-order valence-electron chi connectivity index (χ2n) is 1.91. The summed E-state index contributed by atoms with van der Waals surface area (Å²) < 4.78 is 3.18. The van der Waals surface area contributed by atoms with Gasteiger partial charge in [0.25, 0.3) is 0 Å². The van der Waals surface area contributed by atoms with Crippen molar-refractivity contribution in [3.8, 4) is 0 Å². The van der Waals surface area contributed by atoms with E-state index in [9.17, 15) is 0 Å². The Balaban J connectivity index is 2.60. The number of rotatable bonds is 6. The third kappa shape index (κ3) is 8.31. The molecule has 0 aliphatic heterocycles. The largest absolute Gasteiger partial charge is 0.264 e. The highest BCUT2D eigenvalue weighted by Gasteiger charge is 1.84. The molecule has 0 aromatic heterocycles. The molecule has 54 valence electrons. The predicted molar refractivity (Wildman–Crippen MR) is 44.0 cm³/mol. The third-order valence-corrected chi connectivity index (χ3v) is 1.61. The van der Waals surface area contributed by atoms with Crippen LogP contribution in [-0.2, 0) is 0 Å². The van der Waals surface area contributed by atoms with Crippen molar-refractivity contribution in [3.05, 3.63) is 5.75 Å². The van der Waals surface area contributed by atoms with E-state index >= 15 is 0 Å². The lowest BCUT2D eigenvalue weighted by Gasteiger charge is -1.98. The molecule has 0 unspecified atom stereocenters. The second kappa shape index (κ2) is 8.31. The molecule has 1 nitrogen and oxygen atoms in total. The molecule has 0 saturated heterocycles. The Kier molecular flexibility index (Phi) is 8.60. The van der Waals surface area contributed by atoms with Gasteiger partial charge in [-0.3, -0.25) is 4.72 Å². The van der Waals surface area contributed by atoms with Crippen molar-refractivity contribution >= 4 is 11.9 Å². The van der Waals surface area contributed by atoms with Gasteiger partial charge < -0.3 is 0 Å². The normalized spacial score (nSPS) is 10.0. The summed E-state index contributed by atoms with van der Waals surface area (Å²) in [6.07, 6.45) is 3.91. The van der Waals surface area contributed by atoms with Crippen molar-refractivity contribution in [1.29, 1.82) is 0 Å². The average molecular weight is 145 g/mol. The summed E-state index contributed by atoms with van der Waals surface area (Å²) in [7, 11) is 0. The molecular weight excluding hydrogens is 130 g/mol. The Labute approximate surface area is 62.7 Å².